The van der Waals surface area contributed by atoms with E-state index in [4.69, 9.17) is 30.5 Å². The van der Waals surface area contributed by atoms with Gasteiger partial charge in [-0.2, -0.15) is 0 Å². The number of halogens is 1. The normalized spacial score (nSPS) is 15.2. The van der Waals surface area contributed by atoms with Crippen LogP contribution >= 0.6 is 11.6 Å². The molecule has 0 bridgehead atoms. The van der Waals surface area contributed by atoms with Crippen molar-refractivity contribution in [2.75, 3.05) is 40.6 Å². The van der Waals surface area contributed by atoms with Gasteiger partial charge in [-0.3, -0.25) is 4.79 Å². The smallest absolute Gasteiger partial charge is 0.251 e. The van der Waals surface area contributed by atoms with Gasteiger partial charge in [0.25, 0.3) is 5.91 Å². The second kappa shape index (κ2) is 10.7. The molecule has 0 spiro atoms. The number of amides is 1. The number of hydrogen-bond acceptors (Lipinski definition) is 5. The Labute approximate surface area is 188 Å². The minimum Gasteiger partial charge on any atom is -0.497 e. The topological polar surface area (TPSA) is 66.0 Å². The van der Waals surface area contributed by atoms with Crippen LogP contribution in [-0.4, -0.2) is 46.5 Å². The van der Waals surface area contributed by atoms with Crippen LogP contribution in [0, 0.1) is 0 Å². The molecule has 0 saturated carbocycles. The van der Waals surface area contributed by atoms with E-state index in [0.717, 1.165) is 30.6 Å². The number of methoxy groups -OCH3 is 2. The highest BCUT2D eigenvalue weighted by atomic mass is 35.5. The van der Waals surface area contributed by atoms with E-state index >= 15 is 0 Å². The first kappa shape index (κ1) is 23.2. The molecule has 0 unspecified atom stereocenters. The molecule has 1 heterocycles. The fourth-order valence-corrected chi connectivity index (χ4v) is 4.09. The van der Waals surface area contributed by atoms with Crippen LogP contribution in [-0.2, 0) is 10.2 Å². The molecule has 7 heteroatoms. The maximum absolute atomic E-state index is 13.0. The van der Waals surface area contributed by atoms with Crippen molar-refractivity contribution in [3.8, 4) is 17.2 Å². The predicted octanol–water partition coefficient (Wildman–Crippen LogP) is 4.62. The summed E-state index contributed by atoms with van der Waals surface area (Å²) in [5.74, 6) is 1.51. The molecule has 168 valence electrons. The zero-order valence-corrected chi connectivity index (χ0v) is 19.1. The van der Waals surface area contributed by atoms with Crippen LogP contribution in [0.5, 0.6) is 17.2 Å². The summed E-state index contributed by atoms with van der Waals surface area (Å²) >= 11 is 6.38. The largest absolute Gasteiger partial charge is 0.497 e. The minimum absolute atomic E-state index is 0.196. The van der Waals surface area contributed by atoms with Gasteiger partial charge < -0.3 is 24.3 Å². The Kier molecular flexibility index (Phi) is 8.04. The van der Waals surface area contributed by atoms with E-state index in [9.17, 15) is 4.79 Å². The van der Waals surface area contributed by atoms with E-state index in [1.807, 2.05) is 19.1 Å². The van der Waals surface area contributed by atoms with Crippen LogP contribution in [0.15, 0.2) is 36.4 Å². The van der Waals surface area contributed by atoms with Gasteiger partial charge in [0.2, 0.25) is 0 Å². The molecule has 2 aromatic carbocycles. The van der Waals surface area contributed by atoms with Crippen molar-refractivity contribution in [3.63, 3.8) is 0 Å². The van der Waals surface area contributed by atoms with E-state index in [-0.39, 0.29) is 11.3 Å². The number of hydrogen-bond donors (Lipinski definition) is 1. The molecule has 0 atom stereocenters. The molecular formula is C24H30ClNO5. The van der Waals surface area contributed by atoms with E-state index in [1.54, 1.807) is 19.2 Å². The van der Waals surface area contributed by atoms with Crippen molar-refractivity contribution in [2.45, 2.75) is 31.6 Å². The molecule has 3 rings (SSSR count). The van der Waals surface area contributed by atoms with Gasteiger partial charge >= 0.3 is 0 Å². The van der Waals surface area contributed by atoms with Crippen LogP contribution in [0.4, 0.5) is 0 Å². The van der Waals surface area contributed by atoms with E-state index < -0.39 is 0 Å². The Morgan fingerprint density at radius 2 is 1.84 bits per heavy atom. The zero-order chi connectivity index (χ0) is 22.3. The molecule has 1 fully saturated rings. The van der Waals surface area contributed by atoms with E-state index in [0.29, 0.717) is 48.5 Å². The molecule has 0 aliphatic carbocycles. The third-order valence-electron chi connectivity index (χ3n) is 5.68. The Bertz CT molecular complexity index is 878. The summed E-state index contributed by atoms with van der Waals surface area (Å²) in [5, 5.41) is 3.45. The van der Waals surface area contributed by atoms with Crippen molar-refractivity contribution >= 4 is 17.5 Å². The number of nitrogens with one attached hydrogen (secondary N) is 1. The minimum atomic E-state index is -0.207. The van der Waals surface area contributed by atoms with Gasteiger partial charge in [-0.1, -0.05) is 30.7 Å². The summed E-state index contributed by atoms with van der Waals surface area (Å²) in [4.78, 5) is 13.0. The highest BCUT2D eigenvalue weighted by molar-refractivity contribution is 6.32. The Hall–Kier alpha value is -2.44. The van der Waals surface area contributed by atoms with Gasteiger partial charge in [0.15, 0.2) is 11.5 Å². The summed E-state index contributed by atoms with van der Waals surface area (Å²) in [5.41, 5.74) is 1.40. The van der Waals surface area contributed by atoms with Gasteiger partial charge in [0.1, 0.15) is 5.75 Å². The molecule has 1 amide bonds. The van der Waals surface area contributed by atoms with Crippen LogP contribution in [0.3, 0.4) is 0 Å². The highest BCUT2D eigenvalue weighted by Crippen LogP contribution is 2.37. The maximum atomic E-state index is 13.0. The van der Waals surface area contributed by atoms with Crippen LogP contribution < -0.4 is 19.5 Å². The van der Waals surface area contributed by atoms with Gasteiger partial charge in [-0.05, 0) is 49.1 Å². The maximum Gasteiger partial charge on any atom is 0.251 e. The molecule has 0 radical (unpaired) electrons. The predicted molar refractivity (Wildman–Crippen MR) is 121 cm³/mol. The highest BCUT2D eigenvalue weighted by Gasteiger charge is 2.35. The molecule has 1 aliphatic heterocycles. The first-order chi connectivity index (χ1) is 15.0. The molecule has 1 N–H and O–H groups in total. The molecule has 1 aliphatic rings. The summed E-state index contributed by atoms with van der Waals surface area (Å²) in [7, 11) is 3.18. The van der Waals surface area contributed by atoms with Gasteiger partial charge in [0.05, 0.1) is 25.8 Å². The molecule has 6 nitrogen and oxygen atoms in total. The van der Waals surface area contributed by atoms with Crippen LogP contribution in [0.1, 0.15) is 42.1 Å². The Morgan fingerprint density at radius 3 is 2.45 bits per heavy atom. The lowest BCUT2D eigenvalue weighted by molar-refractivity contribution is 0.0487. The average molecular weight is 448 g/mol. The summed E-state index contributed by atoms with van der Waals surface area (Å²) in [6.45, 7) is 4.34. The van der Waals surface area contributed by atoms with E-state index in [2.05, 4.69) is 17.4 Å². The van der Waals surface area contributed by atoms with Gasteiger partial charge in [-0.25, -0.2) is 0 Å². The van der Waals surface area contributed by atoms with Crippen molar-refractivity contribution in [2.24, 2.45) is 0 Å². The molecule has 0 aromatic heterocycles. The summed E-state index contributed by atoms with van der Waals surface area (Å²) in [6, 6.07) is 11.3. The fraction of sp³-hybridized carbons (Fsp3) is 0.458. The second-order valence-corrected chi connectivity index (χ2v) is 8.05. The molecule has 1 saturated heterocycles. The quantitative estimate of drug-likeness (QED) is 0.607. The van der Waals surface area contributed by atoms with Crippen molar-refractivity contribution in [3.05, 3.63) is 52.5 Å². The summed E-state index contributed by atoms with van der Waals surface area (Å²) < 4.78 is 22.0. The molecule has 2 aromatic rings. The first-order valence-corrected chi connectivity index (χ1v) is 10.9. The lowest BCUT2D eigenvalue weighted by Crippen LogP contribution is -2.44. The van der Waals surface area contributed by atoms with Crippen LogP contribution in [0.2, 0.25) is 5.02 Å². The fourth-order valence-electron chi connectivity index (χ4n) is 3.82. The number of rotatable bonds is 9. The third kappa shape index (κ3) is 5.43. The average Bonchev–Trinajstić information content (AvgIpc) is 2.82. The number of carbonyl (C=O) groups is 1. The van der Waals surface area contributed by atoms with Crippen LogP contribution in [0.25, 0.3) is 0 Å². The zero-order valence-electron chi connectivity index (χ0n) is 18.3. The van der Waals surface area contributed by atoms with Crippen molar-refractivity contribution in [1.29, 1.82) is 0 Å². The third-order valence-corrected chi connectivity index (χ3v) is 5.96. The Balaban J connectivity index is 1.78. The molecular weight excluding hydrogens is 418 g/mol. The van der Waals surface area contributed by atoms with Crippen molar-refractivity contribution < 1.29 is 23.7 Å². The number of carbonyl (C=O) groups excluding carboxylic acids is 1. The number of ether oxygens (including phenoxy) is 4. The standard InChI is InChI=1S/C24H30ClNO5/c1-4-11-31-22-20(25)14-17(15-21(22)29-3)23(27)26-16-24(9-12-30-13-10-24)18-5-7-19(28-2)8-6-18/h5-8,14-15H,4,9-13,16H2,1-3H3,(H,26,27). The first-order valence-electron chi connectivity index (χ1n) is 10.5. The number of benzene rings is 2. The van der Waals surface area contributed by atoms with E-state index in [1.165, 1.54) is 7.11 Å². The lowest BCUT2D eigenvalue weighted by atomic mass is 9.74. The Morgan fingerprint density at radius 1 is 1.13 bits per heavy atom. The molecule has 31 heavy (non-hydrogen) atoms. The van der Waals surface area contributed by atoms with Gasteiger partial charge in [0, 0.05) is 30.7 Å². The van der Waals surface area contributed by atoms with Gasteiger partial charge in [-0.15, -0.1) is 0 Å². The lowest BCUT2D eigenvalue weighted by Gasteiger charge is -2.38. The second-order valence-electron chi connectivity index (χ2n) is 7.64. The van der Waals surface area contributed by atoms with Crippen molar-refractivity contribution in [1.82, 2.24) is 5.32 Å². The summed E-state index contributed by atoms with van der Waals surface area (Å²) in [6.07, 6.45) is 2.50. The monoisotopic (exact) mass is 447 g/mol. The SMILES string of the molecule is CCCOc1c(Cl)cc(C(=O)NCC2(c3ccc(OC)cc3)CCOCC2)cc1OC.